The molecule has 1 aliphatic carbocycles. The van der Waals surface area contributed by atoms with Crippen molar-refractivity contribution in [2.24, 2.45) is 5.92 Å². The standard InChI is InChI=1S/C13H28N2/c1-4-6-10-15(3)13-8-7-12(13)11-14-9-5-2/h12-14H,4-11H2,1-3H3. The molecule has 0 amide bonds. The first kappa shape index (κ1) is 13.0. The van der Waals surface area contributed by atoms with Gasteiger partial charge in [0.2, 0.25) is 0 Å². The minimum Gasteiger partial charge on any atom is -0.316 e. The summed E-state index contributed by atoms with van der Waals surface area (Å²) in [7, 11) is 2.30. The third-order valence-electron chi connectivity index (χ3n) is 3.64. The molecule has 1 fully saturated rings. The first-order chi connectivity index (χ1) is 7.29. The molecule has 1 aliphatic rings. The average molecular weight is 212 g/mol. The highest BCUT2D eigenvalue weighted by Crippen LogP contribution is 2.30. The lowest BCUT2D eigenvalue weighted by molar-refractivity contribution is 0.0829. The van der Waals surface area contributed by atoms with E-state index in [-0.39, 0.29) is 0 Å². The van der Waals surface area contributed by atoms with E-state index in [1.807, 2.05) is 0 Å². The molecule has 0 saturated heterocycles. The van der Waals surface area contributed by atoms with E-state index in [1.165, 1.54) is 51.7 Å². The Bertz CT molecular complexity index is 159. The van der Waals surface area contributed by atoms with Gasteiger partial charge >= 0.3 is 0 Å². The highest BCUT2D eigenvalue weighted by molar-refractivity contribution is 4.88. The van der Waals surface area contributed by atoms with Crippen LogP contribution < -0.4 is 5.32 Å². The lowest BCUT2D eigenvalue weighted by Crippen LogP contribution is -2.49. The lowest BCUT2D eigenvalue weighted by atomic mass is 9.78. The Morgan fingerprint density at radius 3 is 2.53 bits per heavy atom. The van der Waals surface area contributed by atoms with Crippen LogP contribution in [0.5, 0.6) is 0 Å². The van der Waals surface area contributed by atoms with Gasteiger partial charge in [-0.3, -0.25) is 0 Å². The van der Waals surface area contributed by atoms with E-state index in [0.717, 1.165) is 12.0 Å². The van der Waals surface area contributed by atoms with E-state index < -0.39 is 0 Å². The van der Waals surface area contributed by atoms with E-state index in [0.29, 0.717) is 0 Å². The van der Waals surface area contributed by atoms with Crippen molar-refractivity contribution in [1.82, 2.24) is 10.2 Å². The van der Waals surface area contributed by atoms with E-state index >= 15 is 0 Å². The molecule has 90 valence electrons. The highest BCUT2D eigenvalue weighted by atomic mass is 15.1. The van der Waals surface area contributed by atoms with Gasteiger partial charge in [0.15, 0.2) is 0 Å². The summed E-state index contributed by atoms with van der Waals surface area (Å²) in [5.74, 6) is 0.915. The quantitative estimate of drug-likeness (QED) is 0.622. The molecule has 2 unspecified atom stereocenters. The van der Waals surface area contributed by atoms with Gasteiger partial charge in [-0.05, 0) is 58.3 Å². The van der Waals surface area contributed by atoms with Gasteiger partial charge in [0, 0.05) is 6.04 Å². The first-order valence-electron chi connectivity index (χ1n) is 6.70. The minimum atomic E-state index is 0.862. The fourth-order valence-electron chi connectivity index (χ4n) is 2.41. The van der Waals surface area contributed by atoms with E-state index in [2.05, 4.69) is 31.1 Å². The Morgan fingerprint density at radius 1 is 1.20 bits per heavy atom. The molecule has 1 rings (SSSR count). The molecular formula is C13H28N2. The second-order valence-corrected chi connectivity index (χ2v) is 4.94. The zero-order valence-electron chi connectivity index (χ0n) is 10.8. The maximum atomic E-state index is 3.55. The molecule has 0 aliphatic heterocycles. The Balaban J connectivity index is 2.13. The fraction of sp³-hybridized carbons (Fsp3) is 1.00. The van der Waals surface area contributed by atoms with Crippen molar-refractivity contribution in [3.05, 3.63) is 0 Å². The van der Waals surface area contributed by atoms with Gasteiger partial charge in [-0.15, -0.1) is 0 Å². The minimum absolute atomic E-state index is 0.862. The smallest absolute Gasteiger partial charge is 0.0133 e. The van der Waals surface area contributed by atoms with Crippen molar-refractivity contribution in [1.29, 1.82) is 0 Å². The van der Waals surface area contributed by atoms with Crippen LogP contribution in [-0.2, 0) is 0 Å². The predicted octanol–water partition coefficient (Wildman–Crippen LogP) is 2.50. The van der Waals surface area contributed by atoms with E-state index in [1.54, 1.807) is 0 Å². The topological polar surface area (TPSA) is 15.3 Å². The van der Waals surface area contributed by atoms with Crippen molar-refractivity contribution in [2.75, 3.05) is 26.7 Å². The van der Waals surface area contributed by atoms with Crippen molar-refractivity contribution in [3.8, 4) is 0 Å². The molecule has 0 aromatic rings. The Morgan fingerprint density at radius 2 is 2.00 bits per heavy atom. The highest BCUT2D eigenvalue weighted by Gasteiger charge is 2.32. The van der Waals surface area contributed by atoms with Gasteiger partial charge in [0.1, 0.15) is 0 Å². The van der Waals surface area contributed by atoms with Crippen LogP contribution in [0.2, 0.25) is 0 Å². The molecule has 2 atom stereocenters. The fourth-order valence-corrected chi connectivity index (χ4v) is 2.41. The zero-order chi connectivity index (χ0) is 11.1. The summed E-state index contributed by atoms with van der Waals surface area (Å²) in [4.78, 5) is 2.57. The second kappa shape index (κ2) is 7.24. The third kappa shape index (κ3) is 4.12. The monoisotopic (exact) mass is 212 g/mol. The molecule has 0 spiro atoms. The molecule has 1 saturated carbocycles. The molecule has 15 heavy (non-hydrogen) atoms. The normalized spacial score (nSPS) is 25.6. The Hall–Kier alpha value is -0.0800. The van der Waals surface area contributed by atoms with Crippen LogP contribution in [0.4, 0.5) is 0 Å². The van der Waals surface area contributed by atoms with Gasteiger partial charge in [-0.2, -0.15) is 0 Å². The summed E-state index contributed by atoms with van der Waals surface area (Å²) >= 11 is 0. The van der Waals surface area contributed by atoms with Crippen molar-refractivity contribution in [3.63, 3.8) is 0 Å². The lowest BCUT2D eigenvalue weighted by Gasteiger charge is -2.43. The third-order valence-corrected chi connectivity index (χ3v) is 3.64. The van der Waals surface area contributed by atoms with Crippen LogP contribution in [0.1, 0.15) is 46.0 Å². The summed E-state index contributed by atoms with van der Waals surface area (Å²) in [5, 5.41) is 3.55. The maximum absolute atomic E-state index is 3.55. The van der Waals surface area contributed by atoms with E-state index in [4.69, 9.17) is 0 Å². The van der Waals surface area contributed by atoms with Crippen molar-refractivity contribution >= 4 is 0 Å². The molecule has 0 heterocycles. The molecule has 0 aromatic heterocycles. The van der Waals surface area contributed by atoms with E-state index in [9.17, 15) is 0 Å². The van der Waals surface area contributed by atoms with Crippen LogP contribution >= 0.6 is 0 Å². The molecule has 2 nitrogen and oxygen atoms in total. The Kier molecular flexibility index (Phi) is 6.26. The zero-order valence-corrected chi connectivity index (χ0v) is 10.8. The molecule has 0 aromatic carbocycles. The number of hydrogen-bond acceptors (Lipinski definition) is 2. The molecule has 0 bridgehead atoms. The largest absolute Gasteiger partial charge is 0.316 e. The summed E-state index contributed by atoms with van der Waals surface area (Å²) in [5.41, 5.74) is 0. The number of nitrogens with zero attached hydrogens (tertiary/aromatic N) is 1. The maximum Gasteiger partial charge on any atom is 0.0133 e. The predicted molar refractivity (Wildman–Crippen MR) is 67.2 cm³/mol. The Labute approximate surface area is 95.4 Å². The summed E-state index contributed by atoms with van der Waals surface area (Å²) in [6.07, 6.45) is 6.76. The van der Waals surface area contributed by atoms with Crippen LogP contribution in [0.3, 0.4) is 0 Å². The van der Waals surface area contributed by atoms with Gasteiger partial charge < -0.3 is 10.2 Å². The van der Waals surface area contributed by atoms with Gasteiger partial charge in [-0.25, -0.2) is 0 Å². The first-order valence-corrected chi connectivity index (χ1v) is 6.70. The molecule has 2 heteroatoms. The summed E-state index contributed by atoms with van der Waals surface area (Å²) < 4.78 is 0. The van der Waals surface area contributed by atoms with Gasteiger partial charge in [0.25, 0.3) is 0 Å². The van der Waals surface area contributed by atoms with Gasteiger partial charge in [0.05, 0.1) is 0 Å². The number of unbranched alkanes of at least 4 members (excludes halogenated alkanes) is 1. The molecule has 1 N–H and O–H groups in total. The van der Waals surface area contributed by atoms with Crippen molar-refractivity contribution in [2.45, 2.75) is 52.0 Å². The van der Waals surface area contributed by atoms with Crippen LogP contribution in [-0.4, -0.2) is 37.6 Å². The van der Waals surface area contributed by atoms with Crippen LogP contribution in [0.15, 0.2) is 0 Å². The number of rotatable bonds is 8. The van der Waals surface area contributed by atoms with Gasteiger partial charge in [-0.1, -0.05) is 20.3 Å². The molecular weight excluding hydrogens is 184 g/mol. The summed E-state index contributed by atoms with van der Waals surface area (Å²) in [6, 6.07) is 0.862. The van der Waals surface area contributed by atoms with Crippen molar-refractivity contribution < 1.29 is 0 Å². The molecule has 0 radical (unpaired) electrons. The van der Waals surface area contributed by atoms with Crippen LogP contribution in [0.25, 0.3) is 0 Å². The number of hydrogen-bond donors (Lipinski definition) is 1. The van der Waals surface area contributed by atoms with Crippen LogP contribution in [0, 0.1) is 5.92 Å². The summed E-state index contributed by atoms with van der Waals surface area (Å²) in [6.45, 7) is 8.20. The second-order valence-electron chi connectivity index (χ2n) is 4.94. The average Bonchev–Trinajstić information content (AvgIpc) is 2.19. The number of nitrogens with one attached hydrogen (secondary N) is 1. The SMILES string of the molecule is CCCCN(C)C1CCC1CNCCC.